The number of anilines is 3. The van der Waals surface area contributed by atoms with Crippen LogP contribution in [-0.2, 0) is 84.3 Å². The van der Waals surface area contributed by atoms with Crippen molar-refractivity contribution >= 4 is 180 Å². The van der Waals surface area contributed by atoms with Gasteiger partial charge >= 0.3 is 63.2 Å². The van der Waals surface area contributed by atoms with Gasteiger partial charge in [-0.2, -0.15) is 134 Å². The second-order valence-corrected chi connectivity index (χ2v) is 33.1. The fourth-order valence-corrected chi connectivity index (χ4v) is 18.7. The molecule has 12 aromatic heterocycles. The average Bonchev–Trinajstić information content (AvgIpc) is 1.62. The Labute approximate surface area is 885 Å². The van der Waals surface area contributed by atoms with E-state index in [0.717, 1.165) is 116 Å². The third kappa shape index (κ3) is 20.2. The molecule has 696 valence electrons. The van der Waals surface area contributed by atoms with Crippen LogP contribution in [0.2, 0.25) is 0 Å². The minimum atomic E-state index is 0. The normalized spacial score (nSPS) is 11.1. The average molecular weight is 2580 g/mol. The van der Waals surface area contributed by atoms with E-state index in [0.29, 0.717) is 0 Å². The molecule has 16 aromatic carbocycles. The number of nitrogens with zero attached hydrogens (tertiary/aromatic N) is 18. The topological polar surface area (TPSA) is 181 Å². The van der Waals surface area contributed by atoms with Crippen LogP contribution in [0.4, 0.5) is 17.1 Å². The Hall–Kier alpha value is -16.0. The molecule has 23 heteroatoms. The van der Waals surface area contributed by atoms with Gasteiger partial charge in [0.15, 0.2) is 23.3 Å². The van der Waals surface area contributed by atoms with Crippen LogP contribution in [0.1, 0.15) is 0 Å². The summed E-state index contributed by atoms with van der Waals surface area (Å²) in [5, 5.41) is 18.8. The van der Waals surface area contributed by atoms with Crippen LogP contribution in [0.5, 0.6) is 0 Å². The van der Waals surface area contributed by atoms with Crippen molar-refractivity contribution in [3.63, 3.8) is 0 Å². The molecule has 0 saturated carbocycles. The summed E-state index contributed by atoms with van der Waals surface area (Å²) >= 11 is 1.73. The number of hydrogen-bond donors (Lipinski definition) is 0. The van der Waals surface area contributed by atoms with Crippen LogP contribution in [0.3, 0.4) is 0 Å². The fourth-order valence-electron chi connectivity index (χ4n) is 17.7. The molecular weight excluding hydrogens is 2510 g/mol. The van der Waals surface area contributed by atoms with Crippen LogP contribution in [-0.4, -0.2) is 85.1 Å². The van der Waals surface area contributed by atoms with E-state index in [-0.39, 0.29) is 84.3 Å². The zero-order chi connectivity index (χ0) is 93.0. The summed E-state index contributed by atoms with van der Waals surface area (Å²) in [7, 11) is 2.06. The number of pyridine rings is 2. The second kappa shape index (κ2) is 45.5. The van der Waals surface area contributed by atoms with E-state index >= 15 is 0 Å². The predicted octanol–water partition coefficient (Wildman–Crippen LogP) is 27.4. The Morgan fingerprint density at radius 3 is 1.12 bits per heavy atom. The molecule has 1 aliphatic rings. The van der Waals surface area contributed by atoms with Crippen molar-refractivity contribution in [3.8, 4) is 33.8 Å². The summed E-state index contributed by atoms with van der Waals surface area (Å²) in [6.45, 7) is 2.08. The molecule has 29 rings (SSSR count). The second-order valence-electron chi connectivity index (χ2n) is 32.0. The van der Waals surface area contributed by atoms with E-state index < -0.39 is 0 Å². The summed E-state index contributed by atoms with van der Waals surface area (Å²) in [5.41, 5.74) is 16.0. The molecule has 28 aromatic rings. The molecular formula is C120H77N18Pt4S-3. The summed E-state index contributed by atoms with van der Waals surface area (Å²) in [4.78, 5) is 57.3. The molecule has 0 spiro atoms. The maximum Gasteiger partial charge on any atom is 2.00 e. The number of para-hydroxylation sites is 11. The molecule has 0 aliphatic carbocycles. The van der Waals surface area contributed by atoms with Crippen molar-refractivity contribution in [1.82, 2.24) is 78.1 Å². The monoisotopic (exact) mass is 2580 g/mol. The molecule has 18 nitrogen and oxygen atoms in total. The Balaban J connectivity index is 0.000000107. The van der Waals surface area contributed by atoms with Gasteiger partial charge in [0.25, 0.3) is 0 Å². The Bertz CT molecular complexity index is 8090. The molecule has 0 N–H and O–H groups in total. The van der Waals surface area contributed by atoms with Gasteiger partial charge in [-0.1, -0.05) is 184 Å². The Morgan fingerprint density at radius 1 is 0.266 bits per heavy atom. The van der Waals surface area contributed by atoms with Gasteiger partial charge in [0.05, 0.1) is 30.3 Å². The molecule has 0 fully saturated rings. The van der Waals surface area contributed by atoms with Gasteiger partial charge in [-0.3, -0.25) is 24.9 Å². The minimum absolute atomic E-state index is 0. The standard InChI is InChI=1S/4C16H10N3.C16H9N2.C14H12N2.C13H8NS.C13H8N.4Pt/c4*1-3-7-14-12(5-1)13-6-2-4-8-15(13)19(14)16-11-17-9-10-18-16;1-3-7-13-11(5-1)12-6-2-4-8-14(12)16-15(13)17-9-10-18-16;1-15-11-16(12-7-3-2-4-8-12)14-10-6-5-9-13(14)15;1-2-7-12-10(5-1)9-13(15-12)11-6-3-4-8-14-11;1-2-6-12-10(4-1)7-8-11-5-3-9-14-13(11)12;;;;/h4*1-7,9-11H;1-7,9-10H;2-7,9-11H,1H3;1-8H;1-5,7-9H;;;;/q5*-1;-2;2*-1;;3*+2. The van der Waals surface area contributed by atoms with Crippen molar-refractivity contribution in [2.24, 2.45) is 0 Å². The van der Waals surface area contributed by atoms with Crippen LogP contribution in [0.15, 0.2) is 445 Å². The molecule has 0 bridgehead atoms. The summed E-state index contributed by atoms with van der Waals surface area (Å²) < 4.78 is 9.64. The third-order valence-corrected chi connectivity index (χ3v) is 24.9. The first-order valence-electron chi connectivity index (χ1n) is 45.0. The van der Waals surface area contributed by atoms with Crippen molar-refractivity contribution in [2.75, 3.05) is 16.8 Å². The SMILES string of the molecule is CN1[CH-]N(c2[c-]cccc2)c2ccccc21.[Pt+2].[Pt+2].[Pt+2].[Pt].[c-]1c(-c2ccccn2)sc2ccccc12.[c-]1cccc2c1c1nccnc1c1ccccc21.[c-]1cccc2c3ccccc3n(-c3cnccn3)c12.[c-]1cccc2c3ccccc3n(-c3cnccn3)c12.[c-]1cccc2c3ccccc3n(-c3cnccn3)c12.[c-]1cccc2c3ccccc3n(-c3cnccn3)c12.[c-]1cccc2ccc3cccnc3c12. The van der Waals surface area contributed by atoms with E-state index in [1.807, 2.05) is 164 Å². The van der Waals surface area contributed by atoms with Crippen molar-refractivity contribution in [3.05, 3.63) is 500 Å². The van der Waals surface area contributed by atoms with E-state index in [9.17, 15) is 0 Å². The van der Waals surface area contributed by atoms with Crippen LogP contribution >= 0.6 is 11.3 Å². The zero-order valence-corrected chi connectivity index (χ0v) is 85.9. The van der Waals surface area contributed by atoms with Crippen LogP contribution in [0.25, 0.3) is 185 Å². The predicted molar refractivity (Wildman–Crippen MR) is 563 cm³/mol. The number of rotatable bonds is 6. The maximum absolute atomic E-state index is 4.48. The smallest absolute Gasteiger partial charge is 0.504 e. The molecule has 0 unspecified atom stereocenters. The van der Waals surface area contributed by atoms with Gasteiger partial charge in [0.1, 0.15) is 0 Å². The van der Waals surface area contributed by atoms with Gasteiger partial charge in [0, 0.05) is 140 Å². The third-order valence-electron chi connectivity index (χ3n) is 23.8. The largest absolute Gasteiger partial charge is 2.00 e. The Kier molecular flexibility index (Phi) is 31.0. The zero-order valence-electron chi connectivity index (χ0n) is 75.9. The van der Waals surface area contributed by atoms with Gasteiger partial charge in [-0.25, -0.2) is 31.3 Å². The van der Waals surface area contributed by atoms with Crippen molar-refractivity contribution in [1.29, 1.82) is 0 Å². The summed E-state index contributed by atoms with van der Waals surface area (Å²) in [5.74, 6) is 3.26. The molecule has 0 saturated heterocycles. The van der Waals surface area contributed by atoms with E-state index in [4.69, 9.17) is 0 Å². The van der Waals surface area contributed by atoms with E-state index in [2.05, 4.69) is 344 Å². The van der Waals surface area contributed by atoms with Crippen molar-refractivity contribution < 1.29 is 84.3 Å². The Morgan fingerprint density at radius 2 is 0.643 bits per heavy atom. The first-order chi connectivity index (χ1) is 69.0. The number of fused-ring (bicyclic) bond motifs is 23. The van der Waals surface area contributed by atoms with Gasteiger partial charge in [0.2, 0.25) is 0 Å². The molecule has 13 heterocycles. The van der Waals surface area contributed by atoms with Crippen molar-refractivity contribution in [2.45, 2.75) is 0 Å². The van der Waals surface area contributed by atoms with Crippen LogP contribution in [0, 0.1) is 55.2 Å². The summed E-state index contributed by atoms with van der Waals surface area (Å²) in [6.07, 6.45) is 27.7. The van der Waals surface area contributed by atoms with E-state index in [1.165, 1.54) is 86.1 Å². The van der Waals surface area contributed by atoms with Gasteiger partial charge in [-0.05, 0) is 103 Å². The van der Waals surface area contributed by atoms with Crippen LogP contribution < -0.4 is 9.80 Å². The molecule has 0 atom stereocenters. The molecule has 1 aliphatic heterocycles. The number of aromatic nitrogens is 16. The maximum atomic E-state index is 4.48. The summed E-state index contributed by atoms with van der Waals surface area (Å²) in [6, 6.07) is 143. The first-order valence-corrected chi connectivity index (χ1v) is 45.8. The van der Waals surface area contributed by atoms with Gasteiger partial charge < -0.3 is 43.0 Å². The number of hydrogen-bond acceptors (Lipinski definition) is 15. The minimum Gasteiger partial charge on any atom is -0.504 e. The first kappa shape index (κ1) is 97.3. The van der Waals surface area contributed by atoms with Gasteiger partial charge in [-0.15, -0.1) is 116 Å². The number of thiophene rings is 1. The fraction of sp³-hybridized carbons (Fsp3) is 0.00833. The van der Waals surface area contributed by atoms with E-state index in [1.54, 1.807) is 98.1 Å². The number of benzene rings is 16. The molecule has 0 radical (unpaired) electrons. The molecule has 0 amide bonds. The quantitative estimate of drug-likeness (QED) is 0.113. The molecule has 143 heavy (non-hydrogen) atoms.